The topological polar surface area (TPSA) is 69.4 Å². The lowest BCUT2D eigenvalue weighted by atomic mass is 9.40. The Morgan fingerprint density at radius 1 is 1.08 bits per heavy atom. The molecule has 0 radical (unpaired) electrons. The number of para-hydroxylation sites is 1. The van der Waals surface area contributed by atoms with Gasteiger partial charge in [-0.25, -0.2) is 0 Å². The summed E-state index contributed by atoms with van der Waals surface area (Å²) < 4.78 is 5.50. The van der Waals surface area contributed by atoms with Crippen molar-refractivity contribution in [3.8, 4) is 0 Å². The minimum atomic E-state index is -0.416. The summed E-state index contributed by atoms with van der Waals surface area (Å²) in [5, 5.41) is 11.3. The lowest BCUT2D eigenvalue weighted by Gasteiger charge is -2.65. The van der Waals surface area contributed by atoms with Crippen LogP contribution in [0.5, 0.6) is 0 Å². The van der Waals surface area contributed by atoms with E-state index in [4.69, 9.17) is 4.74 Å². The van der Waals surface area contributed by atoms with Gasteiger partial charge in [-0.2, -0.15) is 0 Å². The van der Waals surface area contributed by atoms with Crippen LogP contribution in [0, 0.1) is 74.2 Å². The molecule has 0 saturated heterocycles. The molecule has 39 heavy (non-hydrogen) atoms. The first-order valence-electron chi connectivity index (χ1n) is 15.8. The number of hydrogen-bond acceptors (Lipinski definition) is 4. The molecule has 4 aliphatic carbocycles. The Kier molecular flexibility index (Phi) is 7.94. The molecular formula is C34H51NO4. The number of nitro groups is 1. The van der Waals surface area contributed by atoms with Crippen molar-refractivity contribution in [3.05, 3.63) is 39.9 Å². The number of fused-ring (bicyclic) bond motifs is 5. The molecule has 0 bridgehead atoms. The Morgan fingerprint density at radius 3 is 2.56 bits per heavy atom. The minimum absolute atomic E-state index is 0.00744. The Bertz CT molecular complexity index is 1070. The average Bonchev–Trinajstić information content (AvgIpc) is 3.26. The highest BCUT2D eigenvalue weighted by atomic mass is 16.6. The van der Waals surface area contributed by atoms with Gasteiger partial charge in [-0.1, -0.05) is 60.1 Å². The third-order valence-electron chi connectivity index (χ3n) is 13.0. The molecule has 0 heterocycles. The number of ether oxygens (including phenoxy) is 1. The zero-order valence-electron chi connectivity index (χ0n) is 25.2. The highest BCUT2D eigenvalue weighted by molar-refractivity contribution is 5.69. The van der Waals surface area contributed by atoms with Crippen molar-refractivity contribution in [3.63, 3.8) is 0 Å². The fourth-order valence-electron chi connectivity index (χ4n) is 10.7. The van der Waals surface area contributed by atoms with Crippen LogP contribution in [0.25, 0.3) is 0 Å². The highest BCUT2D eigenvalue weighted by Gasteiger charge is 2.64. The average molecular weight is 538 g/mol. The molecule has 11 atom stereocenters. The van der Waals surface area contributed by atoms with Crippen LogP contribution in [0.15, 0.2) is 24.3 Å². The molecule has 4 saturated carbocycles. The smallest absolute Gasteiger partial charge is 0.306 e. The molecule has 0 aliphatic heterocycles. The largest absolute Gasteiger partial charge is 0.461 e. The summed E-state index contributed by atoms with van der Waals surface area (Å²) >= 11 is 0. The Hall–Kier alpha value is -1.91. The van der Waals surface area contributed by atoms with E-state index >= 15 is 0 Å². The van der Waals surface area contributed by atoms with Crippen molar-refractivity contribution in [2.45, 2.75) is 106 Å². The zero-order chi connectivity index (χ0) is 28.1. The molecule has 0 aromatic heterocycles. The van der Waals surface area contributed by atoms with Gasteiger partial charge in [-0.05, 0) is 115 Å². The first kappa shape index (κ1) is 28.6. The minimum Gasteiger partial charge on any atom is -0.461 e. The molecule has 8 unspecified atom stereocenters. The molecule has 1 aromatic carbocycles. The van der Waals surface area contributed by atoms with E-state index < -0.39 is 4.92 Å². The lowest BCUT2D eigenvalue weighted by Crippen LogP contribution is -2.58. The van der Waals surface area contributed by atoms with Crippen LogP contribution < -0.4 is 0 Å². The van der Waals surface area contributed by atoms with Crippen molar-refractivity contribution in [1.29, 1.82) is 0 Å². The van der Waals surface area contributed by atoms with E-state index in [1.54, 1.807) is 18.2 Å². The SMILES string of the molecule is CC(CCC(=O)OCc1ccccc1[N+](=O)[O-])C1CCC2C3C(C[C@H](C)C12C)C1(C)CC[C@@H](C)CC1C[C@H]3C. The van der Waals surface area contributed by atoms with Crippen LogP contribution in [-0.4, -0.2) is 10.9 Å². The maximum absolute atomic E-state index is 12.7. The second-order valence-corrected chi connectivity index (χ2v) is 14.8. The molecule has 4 aliphatic rings. The number of carbonyl (C=O) groups excluding carboxylic acids is 1. The first-order valence-corrected chi connectivity index (χ1v) is 15.8. The molecule has 0 N–H and O–H groups in total. The molecule has 4 fully saturated rings. The van der Waals surface area contributed by atoms with Gasteiger partial charge in [-0.3, -0.25) is 14.9 Å². The number of nitrogens with zero attached hydrogens (tertiary/aromatic N) is 1. The second kappa shape index (κ2) is 10.8. The molecule has 1 aromatic rings. The fourth-order valence-corrected chi connectivity index (χ4v) is 10.7. The summed E-state index contributed by atoms with van der Waals surface area (Å²) in [6, 6.07) is 6.50. The summed E-state index contributed by atoms with van der Waals surface area (Å²) in [6.45, 7) is 15.2. The summed E-state index contributed by atoms with van der Waals surface area (Å²) in [5.74, 6) is 6.73. The molecule has 5 nitrogen and oxygen atoms in total. The van der Waals surface area contributed by atoms with Crippen molar-refractivity contribution >= 4 is 11.7 Å². The third-order valence-corrected chi connectivity index (χ3v) is 13.0. The fraction of sp³-hybridized carbons (Fsp3) is 0.794. The van der Waals surface area contributed by atoms with Gasteiger partial charge in [0, 0.05) is 12.5 Å². The Balaban J connectivity index is 1.23. The van der Waals surface area contributed by atoms with Gasteiger partial charge in [0.05, 0.1) is 10.5 Å². The van der Waals surface area contributed by atoms with Gasteiger partial charge in [0.25, 0.3) is 5.69 Å². The van der Waals surface area contributed by atoms with Gasteiger partial charge in [0.2, 0.25) is 0 Å². The number of rotatable bonds is 7. The second-order valence-electron chi connectivity index (χ2n) is 14.8. The lowest BCUT2D eigenvalue weighted by molar-refractivity contribution is -0.385. The van der Waals surface area contributed by atoms with E-state index in [9.17, 15) is 14.9 Å². The standard InChI is InChI=1S/C34H51NO4/c1-21-15-16-33(5)26(17-21)18-23(3)32-28-13-12-27(34(28,6)24(4)19-29(32)33)22(2)11-14-31(36)39-20-25-9-7-8-10-30(25)35(37)38/h7-10,21-24,26-29,32H,11-20H2,1-6H3/t21-,22?,23-,24+,26?,27?,28?,29?,32?,33?,34?/m1/s1. The van der Waals surface area contributed by atoms with Crippen LogP contribution in [0.1, 0.15) is 105 Å². The van der Waals surface area contributed by atoms with E-state index in [1.807, 2.05) is 0 Å². The van der Waals surface area contributed by atoms with Crippen LogP contribution in [0.3, 0.4) is 0 Å². The van der Waals surface area contributed by atoms with Crippen molar-refractivity contribution in [2.24, 2.45) is 64.1 Å². The maximum Gasteiger partial charge on any atom is 0.306 e. The summed E-state index contributed by atoms with van der Waals surface area (Å²) in [4.78, 5) is 23.5. The van der Waals surface area contributed by atoms with E-state index in [1.165, 1.54) is 51.0 Å². The van der Waals surface area contributed by atoms with E-state index in [2.05, 4.69) is 41.5 Å². The van der Waals surface area contributed by atoms with Crippen molar-refractivity contribution in [1.82, 2.24) is 0 Å². The van der Waals surface area contributed by atoms with Crippen molar-refractivity contribution in [2.75, 3.05) is 0 Å². The highest BCUT2D eigenvalue weighted by Crippen LogP contribution is 2.71. The maximum atomic E-state index is 12.7. The van der Waals surface area contributed by atoms with Crippen LogP contribution >= 0.6 is 0 Å². The number of benzene rings is 1. The monoisotopic (exact) mass is 537 g/mol. The van der Waals surface area contributed by atoms with Gasteiger partial charge >= 0.3 is 5.97 Å². The predicted octanol–water partition coefficient (Wildman–Crippen LogP) is 8.84. The van der Waals surface area contributed by atoms with Gasteiger partial charge < -0.3 is 4.74 Å². The Morgan fingerprint density at radius 2 is 1.82 bits per heavy atom. The molecule has 216 valence electrons. The van der Waals surface area contributed by atoms with Crippen molar-refractivity contribution < 1.29 is 14.5 Å². The van der Waals surface area contributed by atoms with Crippen LogP contribution in [0.4, 0.5) is 5.69 Å². The summed E-state index contributed by atoms with van der Waals surface area (Å²) in [5.41, 5.74) is 1.33. The van der Waals surface area contributed by atoms with E-state index in [0.717, 1.165) is 41.9 Å². The molecule has 5 heteroatoms. The van der Waals surface area contributed by atoms with Crippen LogP contribution in [-0.2, 0) is 16.1 Å². The molecule has 5 rings (SSSR count). The molecule has 0 spiro atoms. The summed E-state index contributed by atoms with van der Waals surface area (Å²) in [6.07, 6.45) is 10.9. The predicted molar refractivity (Wildman–Crippen MR) is 155 cm³/mol. The van der Waals surface area contributed by atoms with Gasteiger partial charge in [0.15, 0.2) is 0 Å². The first-order chi connectivity index (χ1) is 18.5. The molecule has 0 amide bonds. The zero-order valence-corrected chi connectivity index (χ0v) is 25.2. The number of esters is 1. The van der Waals surface area contributed by atoms with Crippen LogP contribution in [0.2, 0.25) is 0 Å². The number of nitro benzene ring substituents is 1. The normalized spacial score (nSPS) is 42.1. The van der Waals surface area contributed by atoms with E-state index in [0.29, 0.717) is 40.6 Å². The van der Waals surface area contributed by atoms with Gasteiger partial charge in [0.1, 0.15) is 6.61 Å². The Labute approximate surface area is 236 Å². The quantitative estimate of drug-likeness (QED) is 0.198. The third kappa shape index (κ3) is 4.95. The molecular weight excluding hydrogens is 486 g/mol. The number of carbonyl (C=O) groups is 1. The number of hydrogen-bond donors (Lipinski definition) is 0. The van der Waals surface area contributed by atoms with Gasteiger partial charge in [-0.15, -0.1) is 0 Å². The van der Waals surface area contributed by atoms with E-state index in [-0.39, 0.29) is 18.3 Å². The summed E-state index contributed by atoms with van der Waals surface area (Å²) in [7, 11) is 0.